The number of likely N-dealkylation sites (tertiary alicyclic amines) is 1. The molecule has 1 aromatic rings. The zero-order valence-corrected chi connectivity index (χ0v) is 14.3. The summed E-state index contributed by atoms with van der Waals surface area (Å²) in [5.41, 5.74) is 0.295. The van der Waals surface area contributed by atoms with E-state index in [9.17, 15) is 4.79 Å². The second-order valence-corrected chi connectivity index (χ2v) is 7.18. The fourth-order valence-corrected chi connectivity index (χ4v) is 3.36. The maximum absolute atomic E-state index is 12.5. The van der Waals surface area contributed by atoms with Crippen LogP contribution in [-0.4, -0.2) is 30.9 Å². The van der Waals surface area contributed by atoms with Crippen molar-refractivity contribution in [2.24, 2.45) is 5.92 Å². The summed E-state index contributed by atoms with van der Waals surface area (Å²) < 4.78 is 0. The van der Waals surface area contributed by atoms with Gasteiger partial charge in [0.2, 0.25) is 5.91 Å². The summed E-state index contributed by atoms with van der Waals surface area (Å²) in [6, 6.07) is 5.33. The Hall–Kier alpha value is -0.770. The molecule has 0 spiro atoms. The number of piperidine rings is 1. The summed E-state index contributed by atoms with van der Waals surface area (Å²) in [6.07, 6.45) is 2.00. The van der Waals surface area contributed by atoms with Crippen LogP contribution in [-0.2, 0) is 10.3 Å². The molecule has 3 nitrogen and oxygen atoms in total. The zero-order valence-electron chi connectivity index (χ0n) is 12.7. The van der Waals surface area contributed by atoms with Crippen molar-refractivity contribution < 1.29 is 4.79 Å². The van der Waals surface area contributed by atoms with E-state index in [2.05, 4.69) is 17.3 Å². The van der Waals surface area contributed by atoms with Crippen molar-refractivity contribution >= 4 is 29.1 Å². The van der Waals surface area contributed by atoms with Gasteiger partial charge in [-0.2, -0.15) is 0 Å². The zero-order chi connectivity index (χ0) is 15.6. The molecule has 0 radical (unpaired) electrons. The molecule has 2 rings (SSSR count). The van der Waals surface area contributed by atoms with Crippen LogP contribution in [0.4, 0.5) is 0 Å². The van der Waals surface area contributed by atoms with Gasteiger partial charge in [-0.3, -0.25) is 4.79 Å². The molecule has 0 aromatic heterocycles. The molecule has 0 saturated carbocycles. The summed E-state index contributed by atoms with van der Waals surface area (Å²) in [5, 5.41) is 4.36. The van der Waals surface area contributed by atoms with Crippen molar-refractivity contribution in [3.63, 3.8) is 0 Å². The summed E-state index contributed by atoms with van der Waals surface area (Å²) in [4.78, 5) is 14.7. The van der Waals surface area contributed by atoms with Gasteiger partial charge >= 0.3 is 0 Å². The number of benzene rings is 1. The number of amides is 1. The molecule has 1 aliphatic rings. The Balaban J connectivity index is 2.12. The molecule has 1 saturated heterocycles. The lowest BCUT2D eigenvalue weighted by Gasteiger charge is -2.33. The minimum absolute atomic E-state index is 0.0426. The minimum atomic E-state index is -0.547. The molecule has 116 valence electrons. The Morgan fingerprint density at radius 1 is 1.38 bits per heavy atom. The summed E-state index contributed by atoms with van der Waals surface area (Å²) in [7, 11) is 2.05. The van der Waals surface area contributed by atoms with Gasteiger partial charge in [-0.05, 0) is 64.0 Å². The first-order valence-corrected chi connectivity index (χ1v) is 8.01. The SMILES string of the molecule is CN1CCCC(C(=O)NC(C)(C)c2cc(Cl)ccc2Cl)C1. The van der Waals surface area contributed by atoms with Crippen LogP contribution in [0, 0.1) is 5.92 Å². The van der Waals surface area contributed by atoms with E-state index in [0.29, 0.717) is 10.0 Å². The number of carbonyl (C=O) groups excluding carboxylic acids is 1. The molecule has 1 unspecified atom stereocenters. The summed E-state index contributed by atoms with van der Waals surface area (Å²) >= 11 is 12.3. The van der Waals surface area contributed by atoms with Crippen LogP contribution in [0.25, 0.3) is 0 Å². The third-order valence-electron chi connectivity index (χ3n) is 4.03. The number of halogens is 2. The monoisotopic (exact) mass is 328 g/mol. The smallest absolute Gasteiger partial charge is 0.225 e. The van der Waals surface area contributed by atoms with Crippen molar-refractivity contribution in [3.8, 4) is 0 Å². The normalized spacial score (nSPS) is 20.3. The second-order valence-electron chi connectivity index (χ2n) is 6.34. The molecule has 1 heterocycles. The van der Waals surface area contributed by atoms with E-state index in [4.69, 9.17) is 23.2 Å². The average Bonchev–Trinajstić information content (AvgIpc) is 2.41. The van der Waals surface area contributed by atoms with Crippen molar-refractivity contribution in [1.82, 2.24) is 10.2 Å². The highest BCUT2D eigenvalue weighted by molar-refractivity contribution is 6.33. The van der Waals surface area contributed by atoms with Crippen molar-refractivity contribution in [1.29, 1.82) is 0 Å². The molecule has 1 fully saturated rings. The number of carbonyl (C=O) groups is 1. The highest BCUT2D eigenvalue weighted by Crippen LogP contribution is 2.31. The van der Waals surface area contributed by atoms with Crippen molar-refractivity contribution in [2.75, 3.05) is 20.1 Å². The van der Waals surface area contributed by atoms with Crippen LogP contribution in [0.2, 0.25) is 10.0 Å². The lowest BCUT2D eigenvalue weighted by molar-refractivity contribution is -0.128. The minimum Gasteiger partial charge on any atom is -0.347 e. The molecule has 21 heavy (non-hydrogen) atoms. The topological polar surface area (TPSA) is 32.3 Å². The van der Waals surface area contributed by atoms with Crippen LogP contribution < -0.4 is 5.32 Å². The Morgan fingerprint density at radius 2 is 2.10 bits per heavy atom. The molecular formula is C16H22Cl2N2O. The first kappa shape index (κ1) is 16.6. The molecule has 1 aliphatic heterocycles. The van der Waals surface area contributed by atoms with Crippen LogP contribution >= 0.6 is 23.2 Å². The number of rotatable bonds is 3. The first-order chi connectivity index (χ1) is 9.79. The second kappa shape index (κ2) is 6.55. The molecule has 1 atom stereocenters. The number of hydrogen-bond donors (Lipinski definition) is 1. The van der Waals surface area contributed by atoms with Gasteiger partial charge in [0.25, 0.3) is 0 Å². The largest absolute Gasteiger partial charge is 0.347 e. The molecular weight excluding hydrogens is 307 g/mol. The maximum atomic E-state index is 12.5. The Labute approximate surface area is 136 Å². The number of hydrogen-bond acceptors (Lipinski definition) is 2. The van der Waals surface area contributed by atoms with Crippen molar-refractivity contribution in [2.45, 2.75) is 32.2 Å². The highest BCUT2D eigenvalue weighted by Gasteiger charge is 2.30. The van der Waals surface area contributed by atoms with Gasteiger partial charge in [0, 0.05) is 16.6 Å². The van der Waals surface area contributed by atoms with Crippen LogP contribution in [0.5, 0.6) is 0 Å². The summed E-state index contributed by atoms with van der Waals surface area (Å²) in [6.45, 7) is 5.78. The van der Waals surface area contributed by atoms with E-state index in [1.54, 1.807) is 12.1 Å². The fourth-order valence-electron chi connectivity index (χ4n) is 2.83. The van der Waals surface area contributed by atoms with Crippen molar-refractivity contribution in [3.05, 3.63) is 33.8 Å². The van der Waals surface area contributed by atoms with E-state index in [1.807, 2.05) is 19.9 Å². The maximum Gasteiger partial charge on any atom is 0.225 e. The molecule has 1 aromatic carbocycles. The number of nitrogens with one attached hydrogen (secondary N) is 1. The Kier molecular flexibility index (Phi) is 5.18. The third kappa shape index (κ3) is 4.12. The van der Waals surface area contributed by atoms with Gasteiger partial charge in [-0.1, -0.05) is 23.2 Å². The van der Waals surface area contributed by atoms with Crippen LogP contribution in [0.1, 0.15) is 32.3 Å². The first-order valence-electron chi connectivity index (χ1n) is 7.25. The van der Waals surface area contributed by atoms with Gasteiger partial charge in [0.1, 0.15) is 0 Å². The van der Waals surface area contributed by atoms with E-state index in [-0.39, 0.29) is 11.8 Å². The Bertz CT molecular complexity index is 531. The van der Waals surface area contributed by atoms with Gasteiger partial charge in [-0.25, -0.2) is 0 Å². The van der Waals surface area contributed by atoms with E-state index in [1.165, 1.54) is 0 Å². The molecule has 1 N–H and O–H groups in total. The van der Waals surface area contributed by atoms with E-state index in [0.717, 1.165) is 31.5 Å². The molecule has 0 aliphatic carbocycles. The third-order valence-corrected chi connectivity index (χ3v) is 4.60. The molecule has 0 bridgehead atoms. The predicted molar refractivity (Wildman–Crippen MR) is 87.9 cm³/mol. The standard InChI is InChI=1S/C16H22Cl2N2O/c1-16(2,13-9-12(17)6-7-14(13)18)19-15(21)11-5-4-8-20(3)10-11/h6-7,9,11H,4-5,8,10H2,1-3H3,(H,19,21). The summed E-state index contributed by atoms with van der Waals surface area (Å²) in [5.74, 6) is 0.128. The highest BCUT2D eigenvalue weighted by atomic mass is 35.5. The predicted octanol–water partition coefficient (Wildman–Crippen LogP) is 3.69. The van der Waals surface area contributed by atoms with Gasteiger partial charge in [0.05, 0.1) is 11.5 Å². The van der Waals surface area contributed by atoms with Gasteiger partial charge < -0.3 is 10.2 Å². The van der Waals surface area contributed by atoms with E-state index >= 15 is 0 Å². The molecule has 1 amide bonds. The average molecular weight is 329 g/mol. The van der Waals surface area contributed by atoms with E-state index < -0.39 is 5.54 Å². The fraction of sp³-hybridized carbons (Fsp3) is 0.562. The number of nitrogens with zero attached hydrogens (tertiary/aromatic N) is 1. The molecule has 5 heteroatoms. The van der Waals surface area contributed by atoms with Crippen LogP contribution in [0.3, 0.4) is 0 Å². The van der Waals surface area contributed by atoms with Gasteiger partial charge in [0.15, 0.2) is 0 Å². The lowest BCUT2D eigenvalue weighted by Crippen LogP contribution is -2.48. The lowest BCUT2D eigenvalue weighted by atomic mass is 9.91. The Morgan fingerprint density at radius 3 is 2.76 bits per heavy atom. The quantitative estimate of drug-likeness (QED) is 0.917. The van der Waals surface area contributed by atoms with Crippen LogP contribution in [0.15, 0.2) is 18.2 Å². The van der Waals surface area contributed by atoms with Gasteiger partial charge in [-0.15, -0.1) is 0 Å².